The Labute approximate surface area is 278 Å². The van der Waals surface area contributed by atoms with Gasteiger partial charge in [-0.3, -0.25) is 4.79 Å². The molecule has 0 radical (unpaired) electrons. The number of ether oxygens (including phenoxy) is 1. The third-order valence-corrected chi connectivity index (χ3v) is 9.31. The van der Waals surface area contributed by atoms with Gasteiger partial charge >= 0.3 is 6.09 Å². The van der Waals surface area contributed by atoms with Crippen molar-refractivity contribution in [3.05, 3.63) is 135 Å². The fraction of sp³-hybridized carbons (Fsp3) is 0.257. The Kier molecular flexibility index (Phi) is 11.4. The van der Waals surface area contributed by atoms with Crippen LogP contribution in [-0.4, -0.2) is 48.4 Å². The Bertz CT molecular complexity index is 1560. The van der Waals surface area contributed by atoms with Crippen molar-refractivity contribution >= 4 is 53.5 Å². The summed E-state index contributed by atoms with van der Waals surface area (Å²) in [5.74, 6) is -0.989. The molecule has 10 heteroatoms. The van der Waals surface area contributed by atoms with Crippen LogP contribution in [-0.2, 0) is 16.0 Å². The molecule has 0 saturated carbocycles. The van der Waals surface area contributed by atoms with Crippen LogP contribution in [0.4, 0.5) is 10.5 Å². The molecule has 1 heterocycles. The van der Waals surface area contributed by atoms with Gasteiger partial charge in [-0.05, 0) is 53.3 Å². The third-order valence-electron chi connectivity index (χ3n) is 7.95. The van der Waals surface area contributed by atoms with Crippen LogP contribution >= 0.6 is 35.8 Å². The minimum Gasteiger partial charge on any atom is -0.465 e. The van der Waals surface area contributed by atoms with Crippen molar-refractivity contribution in [3.8, 4) is 0 Å². The molecular weight excluding hydrogens is 629 g/mol. The molecule has 5 rings (SSSR count). The standard InChI is InChI=1S/C35H35Cl2N3O4S/c36-27-18-16-25(19-28(27)37)33(45)30-21-38-20-26(44-30)17-15-22-9-7-8-14-29(22)39-34(41)32(40-35(42)43)31(23-10-3-1-4-11-23)24-12-5-2-6-13-24/h1-14,16,18-19,26,30-33,38,40,45H,15,17,20-21H2,(H,39,41)(H,42,43)/t26-,30+,32+,33?/m1/s1. The van der Waals surface area contributed by atoms with E-state index in [1.807, 2.05) is 97.1 Å². The second kappa shape index (κ2) is 15.7. The highest BCUT2D eigenvalue weighted by atomic mass is 35.5. The maximum Gasteiger partial charge on any atom is 0.405 e. The largest absolute Gasteiger partial charge is 0.465 e. The van der Waals surface area contributed by atoms with Gasteiger partial charge in [-0.2, -0.15) is 12.6 Å². The van der Waals surface area contributed by atoms with Crippen molar-refractivity contribution < 1.29 is 19.4 Å². The number of aryl methyl sites for hydroxylation is 1. The number of para-hydroxylation sites is 1. The van der Waals surface area contributed by atoms with E-state index in [-0.39, 0.29) is 17.5 Å². The van der Waals surface area contributed by atoms with Crippen molar-refractivity contribution in [2.24, 2.45) is 0 Å². The molecule has 1 aliphatic rings. The lowest BCUT2D eigenvalue weighted by Crippen LogP contribution is -2.47. The van der Waals surface area contributed by atoms with Crippen LogP contribution in [0, 0.1) is 0 Å². The number of hydrogen-bond acceptors (Lipinski definition) is 5. The molecule has 0 aromatic heterocycles. The molecule has 0 spiro atoms. The van der Waals surface area contributed by atoms with Gasteiger partial charge in [0.25, 0.3) is 0 Å². The molecule has 4 aromatic rings. The molecular formula is C35H35Cl2N3O4S. The molecule has 7 nitrogen and oxygen atoms in total. The minimum absolute atomic E-state index is 0.0769. The molecule has 234 valence electrons. The number of carboxylic acid groups (broad SMARTS) is 1. The van der Waals surface area contributed by atoms with Gasteiger partial charge in [0.1, 0.15) is 6.04 Å². The van der Waals surface area contributed by atoms with Crippen molar-refractivity contribution in [3.63, 3.8) is 0 Å². The lowest BCUT2D eigenvalue weighted by Gasteiger charge is -2.34. The van der Waals surface area contributed by atoms with Crippen molar-refractivity contribution in [1.29, 1.82) is 0 Å². The van der Waals surface area contributed by atoms with Crippen LogP contribution in [0.25, 0.3) is 0 Å². The molecule has 0 bridgehead atoms. The smallest absolute Gasteiger partial charge is 0.405 e. The highest BCUT2D eigenvalue weighted by Crippen LogP contribution is 2.33. The van der Waals surface area contributed by atoms with Gasteiger partial charge in [0.05, 0.1) is 27.5 Å². The van der Waals surface area contributed by atoms with E-state index in [4.69, 9.17) is 40.6 Å². The predicted octanol–water partition coefficient (Wildman–Crippen LogP) is 7.36. The van der Waals surface area contributed by atoms with E-state index in [9.17, 15) is 14.7 Å². The molecule has 1 fully saturated rings. The first-order valence-corrected chi connectivity index (χ1v) is 16.0. The zero-order valence-corrected chi connectivity index (χ0v) is 26.8. The number of carbonyl (C=O) groups is 2. The Balaban J connectivity index is 1.30. The van der Waals surface area contributed by atoms with Gasteiger partial charge in [0.2, 0.25) is 5.91 Å². The van der Waals surface area contributed by atoms with Crippen LogP contribution in [0.5, 0.6) is 0 Å². The highest BCUT2D eigenvalue weighted by molar-refractivity contribution is 7.80. The zero-order chi connectivity index (χ0) is 31.8. The Morgan fingerprint density at radius 1 is 0.867 bits per heavy atom. The van der Waals surface area contributed by atoms with Crippen LogP contribution < -0.4 is 16.0 Å². The molecule has 4 N–H and O–H groups in total. The van der Waals surface area contributed by atoms with Crippen LogP contribution in [0.2, 0.25) is 10.0 Å². The maximum atomic E-state index is 13.9. The zero-order valence-electron chi connectivity index (χ0n) is 24.4. The summed E-state index contributed by atoms with van der Waals surface area (Å²) in [6, 6.07) is 30.9. The minimum atomic E-state index is -1.28. The molecule has 45 heavy (non-hydrogen) atoms. The SMILES string of the molecule is O=C(O)N[C@H](C(=O)Nc1ccccc1CC[C@@H]1CNC[C@@H](C(S)c2ccc(Cl)c(Cl)c2)O1)C(c1ccccc1)c1ccccc1. The Morgan fingerprint density at radius 2 is 1.51 bits per heavy atom. The number of benzene rings is 4. The summed E-state index contributed by atoms with van der Waals surface area (Å²) < 4.78 is 6.45. The number of thiol groups is 1. The van der Waals surface area contributed by atoms with E-state index in [2.05, 4.69) is 16.0 Å². The molecule has 4 aromatic carbocycles. The van der Waals surface area contributed by atoms with Gasteiger partial charge in [0.15, 0.2) is 0 Å². The normalized spacial score (nSPS) is 17.8. The Hall–Kier alpha value is -3.53. The third kappa shape index (κ3) is 8.60. The number of amides is 2. The topological polar surface area (TPSA) is 99.7 Å². The summed E-state index contributed by atoms with van der Waals surface area (Å²) in [6.45, 7) is 1.34. The molecule has 0 aliphatic carbocycles. The van der Waals surface area contributed by atoms with E-state index in [0.29, 0.717) is 41.7 Å². The molecule has 1 aliphatic heterocycles. The number of rotatable bonds is 11. The second-order valence-corrected chi connectivity index (χ2v) is 12.4. The van der Waals surface area contributed by atoms with Crippen LogP contribution in [0.15, 0.2) is 103 Å². The summed E-state index contributed by atoms with van der Waals surface area (Å²) in [5, 5.41) is 19.5. The summed E-state index contributed by atoms with van der Waals surface area (Å²) >= 11 is 17.2. The number of hydrogen-bond donors (Lipinski definition) is 5. The van der Waals surface area contributed by atoms with E-state index in [1.54, 1.807) is 6.07 Å². The quantitative estimate of drug-likeness (QED) is 0.108. The molecule has 4 atom stereocenters. The van der Waals surface area contributed by atoms with Gasteiger partial charge in [-0.1, -0.05) is 108 Å². The van der Waals surface area contributed by atoms with Crippen molar-refractivity contribution in [2.75, 3.05) is 18.4 Å². The van der Waals surface area contributed by atoms with E-state index in [0.717, 1.165) is 22.3 Å². The van der Waals surface area contributed by atoms with E-state index in [1.165, 1.54) is 0 Å². The van der Waals surface area contributed by atoms with Gasteiger partial charge in [0, 0.05) is 24.7 Å². The fourth-order valence-corrected chi connectivity index (χ4v) is 6.36. The monoisotopic (exact) mass is 663 g/mol. The summed E-state index contributed by atoms with van der Waals surface area (Å²) in [4.78, 5) is 25.8. The number of carbonyl (C=O) groups excluding carboxylic acids is 1. The molecule has 1 unspecified atom stereocenters. The second-order valence-electron chi connectivity index (χ2n) is 11.0. The number of nitrogens with one attached hydrogen (secondary N) is 3. The Morgan fingerprint density at radius 3 is 2.16 bits per heavy atom. The lowest BCUT2D eigenvalue weighted by atomic mass is 9.84. The first-order chi connectivity index (χ1) is 21.8. The summed E-state index contributed by atoms with van der Waals surface area (Å²) in [7, 11) is 0. The lowest BCUT2D eigenvalue weighted by molar-refractivity contribution is -0.118. The molecule has 2 amide bonds. The highest BCUT2D eigenvalue weighted by Gasteiger charge is 2.33. The van der Waals surface area contributed by atoms with Gasteiger partial charge in [-0.15, -0.1) is 0 Å². The fourth-order valence-electron chi connectivity index (χ4n) is 5.72. The number of morpholine rings is 1. The average molecular weight is 665 g/mol. The first-order valence-electron chi connectivity index (χ1n) is 14.8. The predicted molar refractivity (Wildman–Crippen MR) is 183 cm³/mol. The first kappa shape index (κ1) is 32.9. The maximum absolute atomic E-state index is 13.9. The van der Waals surface area contributed by atoms with Crippen molar-refractivity contribution in [2.45, 2.75) is 42.3 Å². The van der Waals surface area contributed by atoms with Gasteiger partial charge in [-0.25, -0.2) is 4.79 Å². The van der Waals surface area contributed by atoms with Crippen LogP contribution in [0.1, 0.15) is 39.8 Å². The summed E-state index contributed by atoms with van der Waals surface area (Å²) in [6.07, 6.45) is -0.189. The summed E-state index contributed by atoms with van der Waals surface area (Å²) in [5.41, 5.74) is 4.13. The molecule has 1 saturated heterocycles. The van der Waals surface area contributed by atoms with E-state index >= 15 is 0 Å². The van der Waals surface area contributed by atoms with Crippen molar-refractivity contribution in [1.82, 2.24) is 10.6 Å². The number of halogens is 2. The number of anilines is 1. The van der Waals surface area contributed by atoms with Gasteiger partial charge < -0.3 is 25.8 Å². The van der Waals surface area contributed by atoms with Crippen LogP contribution in [0.3, 0.4) is 0 Å². The van der Waals surface area contributed by atoms with E-state index < -0.39 is 24.0 Å². The average Bonchev–Trinajstić information content (AvgIpc) is 3.06.